The van der Waals surface area contributed by atoms with Crippen molar-refractivity contribution in [3.05, 3.63) is 41.5 Å². The summed E-state index contributed by atoms with van der Waals surface area (Å²) in [6, 6.07) is 6.95. The van der Waals surface area contributed by atoms with E-state index >= 15 is 0 Å². The first-order valence-electron chi connectivity index (χ1n) is 16.7. The summed E-state index contributed by atoms with van der Waals surface area (Å²) in [4.78, 5) is 12.2. The molecule has 5 nitrogen and oxygen atoms in total. The Bertz CT molecular complexity index is 1270. The van der Waals surface area contributed by atoms with Gasteiger partial charge in [0.2, 0.25) is 10.0 Å². The Kier molecular flexibility index (Phi) is 9.09. The average Bonchev–Trinajstić information content (AvgIpc) is 3.26. The Morgan fingerprint density at radius 2 is 1.71 bits per heavy atom. The number of fused-ring (bicyclic) bond motifs is 5. The molecule has 9 atom stereocenters. The summed E-state index contributed by atoms with van der Waals surface area (Å²) < 4.78 is 36.6. The molecule has 1 aromatic carbocycles. The lowest BCUT2D eigenvalue weighted by molar-refractivity contribution is -0.148. The zero-order chi connectivity index (χ0) is 30.4. The average molecular weight is 598 g/mol. The van der Waals surface area contributed by atoms with Crippen LogP contribution in [0.15, 0.2) is 40.8 Å². The molecule has 0 radical (unpaired) electrons. The molecular formula is C36H55NO4S. The minimum Gasteiger partial charge on any atom is -0.462 e. The van der Waals surface area contributed by atoms with E-state index in [2.05, 4.69) is 45.4 Å². The standard InChI is InChI=1S/C36H55NO4S/c1-23(2)9-8-10-25(4)30-15-16-31-34-32(18-20-36(30,31)7)35(6)19-17-28(41-26(5)38)21-27(35)22-33(34)37-42(39,40)29-13-11-24(3)12-14-29/h11-14,22-23,25,28,30-34,37H,8-10,15-21H2,1-7H3/t25?,28-,30?,31?,32?,33+,34?,35-,36+/m0/s1. The van der Waals surface area contributed by atoms with Crippen LogP contribution in [0.3, 0.4) is 0 Å². The van der Waals surface area contributed by atoms with Crippen LogP contribution in [0.2, 0.25) is 0 Å². The molecule has 5 rings (SSSR count). The summed E-state index contributed by atoms with van der Waals surface area (Å²) >= 11 is 0. The van der Waals surface area contributed by atoms with Gasteiger partial charge in [0.25, 0.3) is 0 Å². The van der Waals surface area contributed by atoms with Gasteiger partial charge in [-0.15, -0.1) is 0 Å². The fourth-order valence-corrected chi connectivity index (χ4v) is 11.3. The van der Waals surface area contributed by atoms with Crippen LogP contribution in [0.1, 0.15) is 111 Å². The second-order valence-corrected chi connectivity index (χ2v) is 17.1. The molecule has 0 saturated heterocycles. The number of carbonyl (C=O) groups is 1. The van der Waals surface area contributed by atoms with Crippen molar-refractivity contribution >= 4 is 16.0 Å². The van der Waals surface area contributed by atoms with Crippen molar-refractivity contribution in [2.24, 2.45) is 46.3 Å². The first-order chi connectivity index (χ1) is 19.7. The van der Waals surface area contributed by atoms with E-state index in [0.29, 0.717) is 35.0 Å². The number of hydrogen-bond acceptors (Lipinski definition) is 4. The third-order valence-corrected chi connectivity index (χ3v) is 13.7. The van der Waals surface area contributed by atoms with E-state index in [4.69, 9.17) is 4.74 Å². The maximum Gasteiger partial charge on any atom is 0.302 e. The summed E-state index contributed by atoms with van der Waals surface area (Å²) in [5.41, 5.74) is 2.60. The van der Waals surface area contributed by atoms with Crippen LogP contribution in [0.4, 0.5) is 0 Å². The van der Waals surface area contributed by atoms with E-state index in [0.717, 1.165) is 30.7 Å². The highest BCUT2D eigenvalue weighted by Crippen LogP contribution is 2.67. The van der Waals surface area contributed by atoms with Crippen molar-refractivity contribution in [3.63, 3.8) is 0 Å². The molecule has 0 amide bonds. The van der Waals surface area contributed by atoms with E-state index < -0.39 is 10.0 Å². The molecule has 0 bridgehead atoms. The van der Waals surface area contributed by atoms with Crippen molar-refractivity contribution < 1.29 is 17.9 Å². The van der Waals surface area contributed by atoms with Crippen LogP contribution in [-0.4, -0.2) is 26.5 Å². The van der Waals surface area contributed by atoms with Crippen molar-refractivity contribution in [1.82, 2.24) is 4.72 Å². The normalized spacial score (nSPS) is 36.9. The zero-order valence-electron chi connectivity index (χ0n) is 27.1. The van der Waals surface area contributed by atoms with E-state index in [1.807, 2.05) is 19.1 Å². The number of sulfonamides is 1. The van der Waals surface area contributed by atoms with E-state index in [1.165, 1.54) is 51.0 Å². The molecule has 4 aliphatic rings. The van der Waals surface area contributed by atoms with Gasteiger partial charge in [0, 0.05) is 19.4 Å². The molecule has 5 unspecified atom stereocenters. The fraction of sp³-hybridized carbons (Fsp3) is 0.750. The SMILES string of the molecule is CC(=O)O[C@H]1CC[C@@]2(C)C(=C[C@@H](NS(=O)(=O)c3ccc(C)cc3)C3C4CCC(C(C)CCCC(C)C)[C@@]4(C)CCC32)C1. The van der Waals surface area contributed by atoms with Gasteiger partial charge in [-0.1, -0.05) is 83.2 Å². The van der Waals surface area contributed by atoms with Crippen LogP contribution in [0.5, 0.6) is 0 Å². The molecule has 42 heavy (non-hydrogen) atoms. The summed E-state index contributed by atoms with van der Waals surface area (Å²) in [6.07, 6.45) is 13.4. The molecule has 0 spiro atoms. The maximum absolute atomic E-state index is 13.8. The number of carbonyl (C=O) groups excluding carboxylic acids is 1. The van der Waals surface area contributed by atoms with Gasteiger partial charge in [-0.3, -0.25) is 4.79 Å². The number of rotatable bonds is 9. The number of nitrogens with one attached hydrogen (secondary N) is 1. The number of hydrogen-bond donors (Lipinski definition) is 1. The van der Waals surface area contributed by atoms with Crippen molar-refractivity contribution in [2.45, 2.75) is 130 Å². The number of benzene rings is 1. The third-order valence-electron chi connectivity index (χ3n) is 12.3. The second kappa shape index (κ2) is 12.0. The fourth-order valence-electron chi connectivity index (χ4n) is 10.1. The Morgan fingerprint density at radius 3 is 2.38 bits per heavy atom. The van der Waals surface area contributed by atoms with E-state index in [1.54, 1.807) is 12.1 Å². The monoisotopic (exact) mass is 597 g/mol. The first-order valence-corrected chi connectivity index (χ1v) is 18.2. The third kappa shape index (κ3) is 6.01. The predicted molar refractivity (Wildman–Crippen MR) is 169 cm³/mol. The van der Waals surface area contributed by atoms with Gasteiger partial charge in [-0.25, -0.2) is 13.1 Å². The lowest BCUT2D eigenvalue weighted by Gasteiger charge is -2.60. The summed E-state index contributed by atoms with van der Waals surface area (Å²) in [7, 11) is -3.70. The molecule has 234 valence electrons. The predicted octanol–water partition coefficient (Wildman–Crippen LogP) is 8.22. The highest BCUT2D eigenvalue weighted by Gasteiger charge is 2.61. The van der Waals surface area contributed by atoms with Gasteiger partial charge < -0.3 is 4.74 Å². The van der Waals surface area contributed by atoms with Gasteiger partial charge in [0.05, 0.1) is 4.90 Å². The summed E-state index contributed by atoms with van der Waals surface area (Å²) in [5, 5.41) is 0. The van der Waals surface area contributed by atoms with E-state index in [9.17, 15) is 13.2 Å². The molecule has 1 aromatic rings. The first kappa shape index (κ1) is 31.8. The van der Waals surface area contributed by atoms with Crippen molar-refractivity contribution in [3.8, 4) is 0 Å². The quantitative estimate of drug-likeness (QED) is 0.230. The minimum atomic E-state index is -3.70. The van der Waals surface area contributed by atoms with Crippen LogP contribution in [0.25, 0.3) is 0 Å². The summed E-state index contributed by atoms with van der Waals surface area (Å²) in [6.45, 7) is 15.6. The maximum atomic E-state index is 13.8. The Hall–Kier alpha value is -1.66. The molecule has 3 saturated carbocycles. The Labute approximate surface area is 255 Å². The number of aryl methyl sites for hydroxylation is 1. The van der Waals surface area contributed by atoms with Gasteiger partial charge in [0.15, 0.2) is 0 Å². The van der Waals surface area contributed by atoms with Gasteiger partial charge in [0.1, 0.15) is 6.10 Å². The van der Waals surface area contributed by atoms with Crippen molar-refractivity contribution in [1.29, 1.82) is 0 Å². The van der Waals surface area contributed by atoms with Gasteiger partial charge in [-0.05, 0) is 104 Å². The number of ether oxygens (including phenoxy) is 1. The number of esters is 1. The van der Waals surface area contributed by atoms with Gasteiger partial charge in [-0.2, -0.15) is 0 Å². The molecule has 0 aliphatic heterocycles. The highest BCUT2D eigenvalue weighted by atomic mass is 32.2. The van der Waals surface area contributed by atoms with Crippen LogP contribution in [0, 0.1) is 53.3 Å². The molecule has 3 fully saturated rings. The summed E-state index contributed by atoms with van der Waals surface area (Å²) in [5.74, 6) is 3.11. The largest absolute Gasteiger partial charge is 0.462 e. The van der Waals surface area contributed by atoms with Crippen LogP contribution in [-0.2, 0) is 19.6 Å². The molecule has 0 aromatic heterocycles. The van der Waals surface area contributed by atoms with Gasteiger partial charge >= 0.3 is 5.97 Å². The second-order valence-electron chi connectivity index (χ2n) is 15.4. The molecule has 6 heteroatoms. The smallest absolute Gasteiger partial charge is 0.302 e. The van der Waals surface area contributed by atoms with E-state index in [-0.39, 0.29) is 34.9 Å². The lowest BCUT2D eigenvalue weighted by atomic mass is 9.46. The zero-order valence-corrected chi connectivity index (χ0v) is 27.9. The lowest BCUT2D eigenvalue weighted by Crippen LogP contribution is -2.58. The molecule has 0 heterocycles. The minimum absolute atomic E-state index is 0.0232. The Balaban J connectivity index is 1.48. The Morgan fingerprint density at radius 1 is 1.00 bits per heavy atom. The van der Waals surface area contributed by atoms with Crippen LogP contribution < -0.4 is 4.72 Å². The van der Waals surface area contributed by atoms with Crippen molar-refractivity contribution in [2.75, 3.05) is 0 Å². The molecule has 4 aliphatic carbocycles. The molecule has 1 N–H and O–H groups in total. The van der Waals surface area contributed by atoms with Crippen LogP contribution >= 0.6 is 0 Å². The topological polar surface area (TPSA) is 72.5 Å². The highest BCUT2D eigenvalue weighted by molar-refractivity contribution is 7.89. The molecular weight excluding hydrogens is 542 g/mol.